The van der Waals surface area contributed by atoms with E-state index in [1.54, 1.807) is 12.0 Å². The van der Waals surface area contributed by atoms with Crippen LogP contribution in [0, 0.1) is 5.92 Å². The van der Waals surface area contributed by atoms with Crippen molar-refractivity contribution in [2.24, 2.45) is 11.7 Å². The van der Waals surface area contributed by atoms with Crippen molar-refractivity contribution in [2.45, 2.75) is 45.6 Å². The number of methoxy groups -OCH3 is 1. The fourth-order valence-electron chi connectivity index (χ4n) is 2.11. The number of nitrogens with zero attached hydrogens (tertiary/aromatic N) is 1. The van der Waals surface area contributed by atoms with Crippen LogP contribution in [0.1, 0.15) is 39.5 Å². The van der Waals surface area contributed by atoms with Gasteiger partial charge in [0.15, 0.2) is 0 Å². The van der Waals surface area contributed by atoms with Gasteiger partial charge in [-0.15, -0.1) is 0 Å². The molecule has 4 heteroatoms. The molecule has 17 heavy (non-hydrogen) atoms. The molecule has 0 aliphatic heterocycles. The van der Waals surface area contributed by atoms with Crippen molar-refractivity contribution in [1.29, 1.82) is 0 Å². The van der Waals surface area contributed by atoms with Gasteiger partial charge < -0.3 is 15.4 Å². The van der Waals surface area contributed by atoms with Gasteiger partial charge in [0.25, 0.3) is 0 Å². The molecule has 0 rings (SSSR count). The van der Waals surface area contributed by atoms with Gasteiger partial charge in [-0.2, -0.15) is 0 Å². The number of carbonyl (C=O) groups excluding carboxylic acids is 1. The van der Waals surface area contributed by atoms with Crippen LogP contribution in [0.3, 0.4) is 0 Å². The van der Waals surface area contributed by atoms with Gasteiger partial charge >= 0.3 is 0 Å². The third-order valence-electron chi connectivity index (χ3n) is 2.89. The Morgan fingerprint density at radius 3 is 2.24 bits per heavy atom. The average Bonchev–Trinajstić information content (AvgIpc) is 2.28. The summed E-state index contributed by atoms with van der Waals surface area (Å²) in [6.45, 7) is 5.29. The number of nitrogens with two attached hydrogens (primary N) is 1. The maximum Gasteiger partial charge on any atom is 0.225 e. The molecule has 1 atom stereocenters. The molecule has 1 unspecified atom stereocenters. The Balaban J connectivity index is 4.23. The second-order valence-corrected chi connectivity index (χ2v) is 4.71. The van der Waals surface area contributed by atoms with Crippen molar-refractivity contribution in [1.82, 2.24) is 4.90 Å². The van der Waals surface area contributed by atoms with E-state index in [9.17, 15) is 4.79 Å². The molecule has 4 nitrogen and oxygen atoms in total. The van der Waals surface area contributed by atoms with Gasteiger partial charge in [-0.3, -0.25) is 4.79 Å². The van der Waals surface area contributed by atoms with Crippen molar-refractivity contribution < 1.29 is 9.53 Å². The van der Waals surface area contributed by atoms with Crippen LogP contribution in [0.15, 0.2) is 0 Å². The maximum absolute atomic E-state index is 12.2. The summed E-state index contributed by atoms with van der Waals surface area (Å²) in [6.07, 6.45) is 4.04. The minimum absolute atomic E-state index is 0.0992. The van der Waals surface area contributed by atoms with E-state index < -0.39 is 0 Å². The Hall–Kier alpha value is -0.610. The number of hydrogen-bond acceptors (Lipinski definition) is 3. The normalized spacial score (nSPS) is 12.8. The molecule has 0 spiro atoms. The van der Waals surface area contributed by atoms with Crippen molar-refractivity contribution in [3.8, 4) is 0 Å². The first kappa shape index (κ1) is 16.4. The fourth-order valence-corrected chi connectivity index (χ4v) is 2.11. The molecular formula is C13H28N2O2. The number of likely N-dealkylation sites (N-methyl/N-ethyl adjacent to an activating group) is 1. The van der Waals surface area contributed by atoms with Crippen molar-refractivity contribution in [3.05, 3.63) is 0 Å². The molecule has 0 fully saturated rings. The van der Waals surface area contributed by atoms with E-state index >= 15 is 0 Å². The Labute approximate surface area is 105 Å². The molecule has 0 heterocycles. The molecule has 0 aromatic carbocycles. The highest BCUT2D eigenvalue weighted by Gasteiger charge is 2.21. The van der Waals surface area contributed by atoms with E-state index in [0.717, 1.165) is 25.7 Å². The lowest BCUT2D eigenvalue weighted by Gasteiger charge is -2.25. The zero-order valence-corrected chi connectivity index (χ0v) is 11.7. The topological polar surface area (TPSA) is 55.6 Å². The minimum atomic E-state index is -0.0992. The minimum Gasteiger partial charge on any atom is -0.383 e. The summed E-state index contributed by atoms with van der Waals surface area (Å²) in [5, 5.41) is 0. The van der Waals surface area contributed by atoms with Crippen LogP contribution in [0.2, 0.25) is 0 Å². The molecule has 1 amide bonds. The molecule has 0 saturated carbocycles. The van der Waals surface area contributed by atoms with Crippen LogP contribution in [0.4, 0.5) is 0 Å². The molecule has 102 valence electrons. The molecular weight excluding hydrogens is 216 g/mol. The van der Waals surface area contributed by atoms with Crippen LogP contribution in [0.25, 0.3) is 0 Å². The summed E-state index contributed by atoms with van der Waals surface area (Å²) < 4.78 is 4.98. The van der Waals surface area contributed by atoms with Crippen molar-refractivity contribution >= 4 is 5.91 Å². The lowest BCUT2D eigenvalue weighted by atomic mass is 9.97. The lowest BCUT2D eigenvalue weighted by molar-refractivity contribution is -0.135. The summed E-state index contributed by atoms with van der Waals surface area (Å²) in [4.78, 5) is 13.9. The SMILES string of the molecule is CCCC(CCC)C(=O)N(C)CC(N)COC. The molecule has 0 aromatic rings. The van der Waals surface area contributed by atoms with Crippen LogP contribution in [0.5, 0.6) is 0 Å². The fraction of sp³-hybridized carbons (Fsp3) is 0.923. The maximum atomic E-state index is 12.2. The third kappa shape index (κ3) is 6.64. The summed E-state index contributed by atoms with van der Waals surface area (Å²) >= 11 is 0. The number of rotatable bonds is 9. The van der Waals surface area contributed by atoms with E-state index in [2.05, 4.69) is 13.8 Å². The first-order valence-corrected chi connectivity index (χ1v) is 6.56. The zero-order chi connectivity index (χ0) is 13.3. The second-order valence-electron chi connectivity index (χ2n) is 4.71. The Kier molecular flexibility index (Phi) is 9.09. The summed E-state index contributed by atoms with van der Waals surface area (Å²) in [6, 6.07) is -0.0992. The van der Waals surface area contributed by atoms with E-state index in [4.69, 9.17) is 10.5 Å². The summed E-state index contributed by atoms with van der Waals surface area (Å²) in [5.74, 6) is 0.380. The standard InChI is InChI=1S/C13H28N2O2/c1-5-7-11(8-6-2)13(16)15(3)9-12(14)10-17-4/h11-12H,5-10,14H2,1-4H3. The number of ether oxygens (including phenoxy) is 1. The second kappa shape index (κ2) is 9.42. The zero-order valence-electron chi connectivity index (χ0n) is 11.7. The Bertz CT molecular complexity index is 204. The highest BCUT2D eigenvalue weighted by atomic mass is 16.5. The molecule has 0 aliphatic rings. The lowest BCUT2D eigenvalue weighted by Crippen LogP contribution is -2.43. The molecule has 0 radical (unpaired) electrons. The van der Waals surface area contributed by atoms with Crippen LogP contribution in [-0.4, -0.2) is 44.2 Å². The summed E-state index contributed by atoms with van der Waals surface area (Å²) in [5.41, 5.74) is 5.85. The van der Waals surface area contributed by atoms with Crippen LogP contribution >= 0.6 is 0 Å². The van der Waals surface area contributed by atoms with Crippen molar-refractivity contribution in [2.75, 3.05) is 27.3 Å². The molecule has 2 N–H and O–H groups in total. The highest BCUT2D eigenvalue weighted by molar-refractivity contribution is 5.78. The predicted molar refractivity (Wildman–Crippen MR) is 70.8 cm³/mol. The van der Waals surface area contributed by atoms with Gasteiger partial charge in [-0.25, -0.2) is 0 Å². The average molecular weight is 244 g/mol. The number of hydrogen-bond donors (Lipinski definition) is 1. The van der Waals surface area contributed by atoms with Gasteiger partial charge in [0.1, 0.15) is 0 Å². The largest absolute Gasteiger partial charge is 0.383 e. The van der Waals surface area contributed by atoms with Crippen LogP contribution in [-0.2, 0) is 9.53 Å². The molecule has 0 aromatic heterocycles. The smallest absolute Gasteiger partial charge is 0.225 e. The predicted octanol–water partition coefficient (Wildman–Crippen LogP) is 1.63. The van der Waals surface area contributed by atoms with Gasteiger partial charge in [0, 0.05) is 32.7 Å². The monoisotopic (exact) mass is 244 g/mol. The molecule has 0 aliphatic carbocycles. The summed E-state index contributed by atoms with van der Waals surface area (Å²) in [7, 11) is 3.45. The first-order valence-electron chi connectivity index (χ1n) is 6.56. The first-order chi connectivity index (χ1) is 8.06. The van der Waals surface area contributed by atoms with E-state index in [-0.39, 0.29) is 17.9 Å². The highest BCUT2D eigenvalue weighted by Crippen LogP contribution is 2.16. The van der Waals surface area contributed by atoms with Crippen molar-refractivity contribution in [3.63, 3.8) is 0 Å². The van der Waals surface area contributed by atoms with Crippen LogP contribution < -0.4 is 5.73 Å². The van der Waals surface area contributed by atoms with E-state index in [1.165, 1.54) is 0 Å². The van der Waals surface area contributed by atoms with E-state index in [1.807, 2.05) is 7.05 Å². The number of carbonyl (C=O) groups is 1. The quantitative estimate of drug-likeness (QED) is 0.671. The number of amides is 1. The Morgan fingerprint density at radius 2 is 1.82 bits per heavy atom. The van der Waals surface area contributed by atoms with E-state index in [0.29, 0.717) is 13.2 Å². The van der Waals surface area contributed by atoms with Gasteiger partial charge in [0.2, 0.25) is 5.91 Å². The third-order valence-corrected chi connectivity index (χ3v) is 2.89. The molecule has 0 saturated heterocycles. The van der Waals surface area contributed by atoms with Gasteiger partial charge in [0.05, 0.1) is 6.61 Å². The molecule has 0 bridgehead atoms. The Morgan fingerprint density at radius 1 is 1.29 bits per heavy atom. The van der Waals surface area contributed by atoms with Gasteiger partial charge in [-0.1, -0.05) is 26.7 Å². The van der Waals surface area contributed by atoms with Gasteiger partial charge in [-0.05, 0) is 12.8 Å².